The van der Waals surface area contributed by atoms with Gasteiger partial charge in [-0.05, 0) is 26.0 Å². The number of alkyl halides is 3. The van der Waals surface area contributed by atoms with E-state index in [0.29, 0.717) is 0 Å². The number of benzene rings is 1. The van der Waals surface area contributed by atoms with E-state index in [2.05, 4.69) is 15.5 Å². The lowest BCUT2D eigenvalue weighted by Gasteiger charge is -2.06. The second-order valence-electron chi connectivity index (χ2n) is 4.63. The fraction of sp³-hybridized carbons (Fsp3) is 0.308. The summed E-state index contributed by atoms with van der Waals surface area (Å²) in [5.41, 5.74) is -0.699. The van der Waals surface area contributed by atoms with Crippen molar-refractivity contribution >= 4 is 5.91 Å². The first kappa shape index (κ1) is 15.0. The van der Waals surface area contributed by atoms with Gasteiger partial charge in [0, 0.05) is 11.6 Å². The van der Waals surface area contributed by atoms with Crippen LogP contribution in [0.3, 0.4) is 0 Å². The molecule has 0 fully saturated rings. The number of carbonyl (C=O) groups is 1. The summed E-state index contributed by atoms with van der Waals surface area (Å²) in [6.07, 6.45) is -4.46. The summed E-state index contributed by atoms with van der Waals surface area (Å²) < 4.78 is 42.6. The lowest BCUT2D eigenvalue weighted by molar-refractivity contribution is -0.137. The van der Waals surface area contributed by atoms with Crippen LogP contribution in [0.4, 0.5) is 13.2 Å². The van der Waals surface area contributed by atoms with Crippen molar-refractivity contribution in [1.29, 1.82) is 0 Å². The molecule has 8 heteroatoms. The number of nitrogens with zero attached hydrogens (tertiary/aromatic N) is 2. The molecule has 0 aliphatic carbocycles. The van der Waals surface area contributed by atoms with E-state index in [4.69, 9.17) is 4.52 Å². The highest BCUT2D eigenvalue weighted by molar-refractivity contribution is 5.90. The van der Waals surface area contributed by atoms with Crippen LogP contribution in [0.15, 0.2) is 28.8 Å². The molecule has 0 atom stereocenters. The van der Waals surface area contributed by atoms with E-state index in [1.54, 1.807) is 13.8 Å². The third-order valence-electron chi connectivity index (χ3n) is 2.49. The van der Waals surface area contributed by atoms with Gasteiger partial charge in [-0.3, -0.25) is 4.79 Å². The molecule has 0 spiro atoms. The maximum Gasteiger partial charge on any atom is 0.416 e. The molecule has 21 heavy (non-hydrogen) atoms. The number of hydrogen-bond donors (Lipinski definition) is 1. The predicted molar refractivity (Wildman–Crippen MR) is 67.3 cm³/mol. The highest BCUT2D eigenvalue weighted by atomic mass is 19.4. The van der Waals surface area contributed by atoms with Gasteiger partial charge in [0.05, 0.1) is 5.56 Å². The lowest BCUT2D eigenvalue weighted by atomic mass is 10.1. The van der Waals surface area contributed by atoms with Gasteiger partial charge >= 0.3 is 18.0 Å². The summed E-state index contributed by atoms with van der Waals surface area (Å²) in [5.74, 6) is -0.943. The van der Waals surface area contributed by atoms with Crippen LogP contribution in [0.5, 0.6) is 0 Å². The van der Waals surface area contributed by atoms with Crippen LogP contribution in [0.25, 0.3) is 11.4 Å². The van der Waals surface area contributed by atoms with Crippen molar-refractivity contribution < 1.29 is 22.5 Å². The zero-order valence-corrected chi connectivity index (χ0v) is 11.2. The Morgan fingerprint density at radius 3 is 2.67 bits per heavy atom. The molecule has 0 aliphatic rings. The summed E-state index contributed by atoms with van der Waals surface area (Å²) >= 11 is 0. The van der Waals surface area contributed by atoms with Crippen LogP contribution in [-0.4, -0.2) is 22.1 Å². The maximum absolute atomic E-state index is 12.6. The molecule has 1 aromatic carbocycles. The summed E-state index contributed by atoms with van der Waals surface area (Å²) in [6.45, 7) is 3.50. The fourth-order valence-corrected chi connectivity index (χ4v) is 1.59. The number of carbonyl (C=O) groups excluding carboxylic acids is 1. The molecular formula is C13H12F3N3O2. The van der Waals surface area contributed by atoms with Gasteiger partial charge in [0.2, 0.25) is 5.82 Å². The summed E-state index contributed by atoms with van der Waals surface area (Å²) in [6, 6.07) is 4.36. The van der Waals surface area contributed by atoms with Crippen molar-refractivity contribution in [2.75, 3.05) is 0 Å². The second kappa shape index (κ2) is 5.55. The molecule has 0 bridgehead atoms. The van der Waals surface area contributed by atoms with Crippen LogP contribution < -0.4 is 5.32 Å². The second-order valence-corrected chi connectivity index (χ2v) is 4.63. The quantitative estimate of drug-likeness (QED) is 0.946. The van der Waals surface area contributed by atoms with Crippen LogP contribution in [0.2, 0.25) is 0 Å². The zero-order valence-electron chi connectivity index (χ0n) is 11.2. The van der Waals surface area contributed by atoms with Gasteiger partial charge in [-0.1, -0.05) is 17.3 Å². The molecule has 1 amide bonds. The van der Waals surface area contributed by atoms with E-state index in [-0.39, 0.29) is 23.3 Å². The molecule has 112 valence electrons. The van der Waals surface area contributed by atoms with Gasteiger partial charge in [0.15, 0.2) is 0 Å². The smallest absolute Gasteiger partial charge is 0.346 e. The monoisotopic (exact) mass is 299 g/mol. The lowest BCUT2D eigenvalue weighted by Crippen LogP contribution is -2.30. The van der Waals surface area contributed by atoms with Crippen molar-refractivity contribution in [2.45, 2.75) is 26.1 Å². The van der Waals surface area contributed by atoms with E-state index in [1.165, 1.54) is 12.1 Å². The Hall–Kier alpha value is -2.38. The van der Waals surface area contributed by atoms with Crippen molar-refractivity contribution in [3.05, 3.63) is 35.7 Å². The maximum atomic E-state index is 12.6. The third kappa shape index (κ3) is 3.59. The molecule has 0 saturated carbocycles. The fourth-order valence-electron chi connectivity index (χ4n) is 1.59. The number of hydrogen-bond acceptors (Lipinski definition) is 4. The van der Waals surface area contributed by atoms with E-state index in [1.807, 2.05) is 0 Å². The number of aromatic nitrogens is 2. The van der Waals surface area contributed by atoms with Crippen LogP contribution in [0.1, 0.15) is 30.1 Å². The van der Waals surface area contributed by atoms with Gasteiger partial charge in [-0.2, -0.15) is 18.2 Å². The standard InChI is InChI=1S/C13H12F3N3O2/c1-7(2)17-11(20)12-18-10(19-21-12)8-4-3-5-9(6-8)13(14,15)16/h3-7H,1-2H3,(H,17,20). The minimum Gasteiger partial charge on any atom is -0.346 e. The first-order chi connectivity index (χ1) is 9.77. The molecule has 0 unspecified atom stereocenters. The Bertz CT molecular complexity index is 650. The van der Waals surface area contributed by atoms with E-state index >= 15 is 0 Å². The largest absolute Gasteiger partial charge is 0.416 e. The Morgan fingerprint density at radius 1 is 1.33 bits per heavy atom. The molecular weight excluding hydrogens is 287 g/mol. The number of halogens is 3. The molecule has 1 heterocycles. The number of nitrogens with one attached hydrogen (secondary N) is 1. The number of rotatable bonds is 3. The molecule has 0 saturated heterocycles. The van der Waals surface area contributed by atoms with Gasteiger partial charge in [-0.15, -0.1) is 0 Å². The molecule has 0 aliphatic heterocycles. The van der Waals surface area contributed by atoms with Gasteiger partial charge in [0.25, 0.3) is 0 Å². The van der Waals surface area contributed by atoms with Crippen LogP contribution >= 0.6 is 0 Å². The van der Waals surface area contributed by atoms with E-state index in [0.717, 1.165) is 12.1 Å². The molecule has 1 aromatic heterocycles. The van der Waals surface area contributed by atoms with Crippen molar-refractivity contribution in [2.24, 2.45) is 0 Å². The van der Waals surface area contributed by atoms with Crippen molar-refractivity contribution in [3.63, 3.8) is 0 Å². The first-order valence-corrected chi connectivity index (χ1v) is 6.09. The van der Waals surface area contributed by atoms with Gasteiger partial charge < -0.3 is 9.84 Å². The third-order valence-corrected chi connectivity index (χ3v) is 2.49. The summed E-state index contributed by atoms with van der Waals surface area (Å²) in [7, 11) is 0. The van der Waals surface area contributed by atoms with E-state index < -0.39 is 17.6 Å². The average molecular weight is 299 g/mol. The normalized spacial score (nSPS) is 11.7. The topological polar surface area (TPSA) is 68.0 Å². The SMILES string of the molecule is CC(C)NC(=O)c1nc(-c2cccc(C(F)(F)F)c2)no1. The van der Waals surface area contributed by atoms with Gasteiger partial charge in [-0.25, -0.2) is 0 Å². The Morgan fingerprint density at radius 2 is 2.05 bits per heavy atom. The van der Waals surface area contributed by atoms with Crippen LogP contribution in [-0.2, 0) is 6.18 Å². The van der Waals surface area contributed by atoms with E-state index in [9.17, 15) is 18.0 Å². The molecule has 2 aromatic rings. The Balaban J connectivity index is 2.28. The Kier molecular flexibility index (Phi) is 3.97. The molecule has 1 N–H and O–H groups in total. The highest BCUT2D eigenvalue weighted by Gasteiger charge is 2.30. The minimum absolute atomic E-state index is 0.0741. The summed E-state index contributed by atoms with van der Waals surface area (Å²) in [5, 5.41) is 6.07. The molecule has 0 radical (unpaired) electrons. The van der Waals surface area contributed by atoms with Crippen molar-refractivity contribution in [3.8, 4) is 11.4 Å². The molecule has 5 nitrogen and oxygen atoms in total. The van der Waals surface area contributed by atoms with Crippen LogP contribution in [0, 0.1) is 0 Å². The minimum atomic E-state index is -4.46. The number of amides is 1. The summed E-state index contributed by atoms with van der Waals surface area (Å²) in [4.78, 5) is 15.4. The Labute approximate surface area is 118 Å². The predicted octanol–water partition coefficient (Wildman–Crippen LogP) is 2.89. The van der Waals surface area contributed by atoms with Gasteiger partial charge in [0.1, 0.15) is 0 Å². The molecule has 2 rings (SSSR count). The first-order valence-electron chi connectivity index (χ1n) is 6.09. The highest BCUT2D eigenvalue weighted by Crippen LogP contribution is 2.31. The average Bonchev–Trinajstić information content (AvgIpc) is 2.86. The zero-order chi connectivity index (χ0) is 15.6. The van der Waals surface area contributed by atoms with Crippen molar-refractivity contribution in [1.82, 2.24) is 15.5 Å².